The van der Waals surface area contributed by atoms with E-state index < -0.39 is 0 Å². The van der Waals surface area contributed by atoms with Crippen molar-refractivity contribution < 1.29 is 0 Å². The molecule has 0 fully saturated rings. The molecule has 4 aromatic heterocycles. The molecule has 0 spiro atoms. The molecule has 0 saturated carbocycles. The summed E-state index contributed by atoms with van der Waals surface area (Å²) in [6.07, 6.45) is 0. The van der Waals surface area contributed by atoms with Crippen LogP contribution in [0.4, 0.5) is 0 Å². The third-order valence-corrected chi connectivity index (χ3v) is 7.81. The maximum Gasteiger partial charge on any atom is 0.267 e. The van der Waals surface area contributed by atoms with E-state index in [0.717, 1.165) is 55.1 Å². The van der Waals surface area contributed by atoms with E-state index in [1.54, 1.807) is 4.40 Å². The van der Waals surface area contributed by atoms with Crippen LogP contribution < -0.4 is 5.56 Å². The van der Waals surface area contributed by atoms with E-state index in [1.807, 2.05) is 65.1 Å². The minimum absolute atomic E-state index is 0.0954. The average molecular weight is 502 g/mol. The zero-order chi connectivity index (χ0) is 25.7. The maximum atomic E-state index is 14.1. The monoisotopic (exact) mass is 501 g/mol. The van der Waals surface area contributed by atoms with E-state index in [9.17, 15) is 4.79 Å². The summed E-state index contributed by atoms with van der Waals surface area (Å²) < 4.78 is 6.08. The molecule has 0 amide bonds. The van der Waals surface area contributed by atoms with Crippen molar-refractivity contribution in [3.8, 4) is 5.69 Å². The Labute approximate surface area is 220 Å². The molecule has 0 aliphatic heterocycles. The molecule has 5 aromatic carbocycles. The Bertz CT molecular complexity index is 2520. The van der Waals surface area contributed by atoms with Crippen LogP contribution in [0.5, 0.6) is 0 Å². The second kappa shape index (κ2) is 7.30. The molecule has 6 nitrogen and oxygen atoms in total. The third-order valence-electron chi connectivity index (χ3n) is 7.81. The van der Waals surface area contributed by atoms with Crippen LogP contribution in [0.15, 0.2) is 120 Å². The Morgan fingerprint density at radius 3 is 2.05 bits per heavy atom. The van der Waals surface area contributed by atoms with Gasteiger partial charge in [-0.05, 0) is 48.5 Å². The highest BCUT2D eigenvalue weighted by atomic mass is 16.1. The van der Waals surface area contributed by atoms with Gasteiger partial charge in [-0.3, -0.25) is 9.20 Å². The van der Waals surface area contributed by atoms with E-state index in [4.69, 9.17) is 9.97 Å². The normalized spacial score (nSPS) is 12.2. The maximum absolute atomic E-state index is 14.1. The van der Waals surface area contributed by atoms with Crippen LogP contribution in [0.3, 0.4) is 0 Å². The number of aromatic nitrogens is 5. The fourth-order valence-corrected chi connectivity index (χ4v) is 6.18. The molecular formula is C33H19N5O. The van der Waals surface area contributed by atoms with Crippen LogP contribution in [0.1, 0.15) is 0 Å². The minimum atomic E-state index is -0.0954. The lowest BCUT2D eigenvalue weighted by Crippen LogP contribution is -2.18. The molecule has 182 valence electrons. The van der Waals surface area contributed by atoms with Crippen LogP contribution in [0.25, 0.3) is 71.8 Å². The second-order valence-corrected chi connectivity index (χ2v) is 9.87. The summed E-state index contributed by atoms with van der Waals surface area (Å²) >= 11 is 0. The highest BCUT2D eigenvalue weighted by Crippen LogP contribution is 2.39. The summed E-state index contributed by atoms with van der Waals surface area (Å²) in [5.41, 5.74) is 7.06. The van der Waals surface area contributed by atoms with Gasteiger partial charge in [-0.15, -0.1) is 0 Å². The lowest BCUT2D eigenvalue weighted by molar-refractivity contribution is 1.05. The predicted molar refractivity (Wildman–Crippen MR) is 157 cm³/mol. The number of hydrogen-bond acceptors (Lipinski definition) is 3. The van der Waals surface area contributed by atoms with Crippen molar-refractivity contribution in [3.63, 3.8) is 0 Å². The van der Waals surface area contributed by atoms with E-state index in [1.165, 1.54) is 0 Å². The van der Waals surface area contributed by atoms with Gasteiger partial charge in [0.1, 0.15) is 0 Å². The molecule has 0 aliphatic carbocycles. The smallest absolute Gasteiger partial charge is 0.267 e. The van der Waals surface area contributed by atoms with E-state index >= 15 is 0 Å². The first-order valence-electron chi connectivity index (χ1n) is 12.9. The van der Waals surface area contributed by atoms with Gasteiger partial charge in [0, 0.05) is 16.5 Å². The lowest BCUT2D eigenvalue weighted by Gasteiger charge is -2.14. The fourth-order valence-electron chi connectivity index (χ4n) is 6.18. The van der Waals surface area contributed by atoms with E-state index in [-0.39, 0.29) is 5.56 Å². The molecule has 39 heavy (non-hydrogen) atoms. The van der Waals surface area contributed by atoms with Crippen molar-refractivity contribution in [3.05, 3.63) is 126 Å². The number of fused-ring (bicyclic) bond motifs is 13. The average Bonchev–Trinajstić information content (AvgIpc) is 3.54. The molecule has 0 unspecified atom stereocenters. The van der Waals surface area contributed by atoms with Gasteiger partial charge in [-0.1, -0.05) is 66.7 Å². The van der Waals surface area contributed by atoms with Crippen LogP contribution >= 0.6 is 0 Å². The van der Waals surface area contributed by atoms with E-state index in [2.05, 4.69) is 59.2 Å². The van der Waals surface area contributed by atoms with Crippen molar-refractivity contribution in [1.82, 2.24) is 23.3 Å². The highest BCUT2D eigenvalue weighted by Gasteiger charge is 2.22. The molecule has 0 N–H and O–H groups in total. The molecule has 0 bridgehead atoms. The first-order chi connectivity index (χ1) is 19.3. The van der Waals surface area contributed by atoms with Gasteiger partial charge in [-0.2, -0.15) is 0 Å². The molecule has 0 radical (unpaired) electrons. The van der Waals surface area contributed by atoms with Crippen LogP contribution in [0, 0.1) is 0 Å². The third kappa shape index (κ3) is 2.57. The number of nitrogens with zero attached hydrogens (tertiary/aromatic N) is 5. The molecular weight excluding hydrogens is 482 g/mol. The van der Waals surface area contributed by atoms with Crippen molar-refractivity contribution in [2.24, 2.45) is 0 Å². The first kappa shape index (κ1) is 20.6. The molecule has 4 heterocycles. The number of benzene rings is 5. The summed E-state index contributed by atoms with van der Waals surface area (Å²) in [6.45, 7) is 0. The summed E-state index contributed by atoms with van der Waals surface area (Å²) in [5.74, 6) is 0.552. The molecule has 6 heteroatoms. The summed E-state index contributed by atoms with van der Waals surface area (Å²) in [5, 5.41) is 3.76. The zero-order valence-electron chi connectivity index (χ0n) is 20.6. The lowest BCUT2D eigenvalue weighted by atomic mass is 10.1. The summed E-state index contributed by atoms with van der Waals surface area (Å²) in [7, 11) is 0. The molecule has 9 aromatic rings. The summed E-state index contributed by atoms with van der Waals surface area (Å²) in [6, 6.07) is 38.6. The Morgan fingerprint density at radius 1 is 0.513 bits per heavy atom. The SMILES string of the molecule is O=c1c2ccccc2nc2n1c1ccc3c4ccccc4n(-c4ccccc4)c3c1c1nc3ccccc3n12. The van der Waals surface area contributed by atoms with Gasteiger partial charge in [0.05, 0.1) is 43.9 Å². The topological polar surface area (TPSA) is 56.6 Å². The van der Waals surface area contributed by atoms with Crippen molar-refractivity contribution >= 4 is 66.1 Å². The van der Waals surface area contributed by atoms with Gasteiger partial charge in [0.2, 0.25) is 5.78 Å². The Morgan fingerprint density at radius 2 is 1.21 bits per heavy atom. The van der Waals surface area contributed by atoms with Crippen molar-refractivity contribution in [2.75, 3.05) is 0 Å². The van der Waals surface area contributed by atoms with Gasteiger partial charge >= 0.3 is 0 Å². The molecule has 9 rings (SSSR count). The van der Waals surface area contributed by atoms with Crippen molar-refractivity contribution in [2.45, 2.75) is 0 Å². The molecule has 0 saturated heterocycles. The Hall–Kier alpha value is -5.49. The van der Waals surface area contributed by atoms with Crippen molar-refractivity contribution in [1.29, 1.82) is 0 Å². The standard InChI is InChI=1S/C33H19N5O/c39-32-23-13-4-6-14-24(23)35-33-37-27-17-9-7-15-25(27)34-31(37)29-28(38(32)33)19-18-22-21-12-5-8-16-26(21)36(30(22)29)20-10-2-1-3-11-20/h1-19H. The zero-order valence-corrected chi connectivity index (χ0v) is 20.6. The van der Waals surface area contributed by atoms with Gasteiger partial charge in [0.25, 0.3) is 5.56 Å². The largest absolute Gasteiger partial charge is 0.308 e. The predicted octanol–water partition coefficient (Wildman–Crippen LogP) is 6.90. The Kier molecular flexibility index (Phi) is 3.85. The first-order valence-corrected chi connectivity index (χ1v) is 12.9. The molecule has 0 aliphatic rings. The minimum Gasteiger partial charge on any atom is -0.308 e. The van der Waals surface area contributed by atoms with Gasteiger partial charge in [0.15, 0.2) is 5.65 Å². The summed E-state index contributed by atoms with van der Waals surface area (Å²) in [4.78, 5) is 24.3. The number of imidazole rings is 1. The van der Waals surface area contributed by atoms with Crippen LogP contribution in [-0.4, -0.2) is 23.3 Å². The highest BCUT2D eigenvalue weighted by molar-refractivity contribution is 6.22. The van der Waals surface area contributed by atoms with Crippen LogP contribution in [0.2, 0.25) is 0 Å². The molecule has 0 atom stereocenters. The van der Waals surface area contributed by atoms with Gasteiger partial charge in [-0.25, -0.2) is 14.4 Å². The Balaban J connectivity index is 1.67. The number of para-hydroxylation sites is 5. The van der Waals surface area contributed by atoms with Crippen LogP contribution in [-0.2, 0) is 0 Å². The van der Waals surface area contributed by atoms with Gasteiger partial charge < -0.3 is 4.57 Å². The number of hydrogen-bond donors (Lipinski definition) is 0. The second-order valence-electron chi connectivity index (χ2n) is 9.87. The number of rotatable bonds is 1. The fraction of sp³-hybridized carbons (Fsp3) is 0. The quantitative estimate of drug-likeness (QED) is 0.182. The van der Waals surface area contributed by atoms with E-state index in [0.29, 0.717) is 16.7 Å².